The number of aryl methyl sites for hydroxylation is 1. The Hall–Kier alpha value is -2.08. The van der Waals surface area contributed by atoms with Crippen LogP contribution in [0.2, 0.25) is 0 Å². The number of para-hydroxylation sites is 1. The molecule has 0 amide bonds. The Morgan fingerprint density at radius 3 is 2.79 bits per heavy atom. The Kier molecular flexibility index (Phi) is 7.06. The average molecular weight is 347 g/mol. The Bertz CT molecular complexity index is 669. The lowest BCUT2D eigenvalue weighted by atomic mass is 10.2. The number of methoxy groups -OCH3 is 1. The molecular formula is C18H26N4OS. The topological polar surface area (TPSA) is 49.8 Å². The number of benzene rings is 1. The van der Waals surface area contributed by atoms with Crippen LogP contribution in [-0.4, -0.2) is 36.5 Å². The number of thiazole rings is 1. The summed E-state index contributed by atoms with van der Waals surface area (Å²) in [5.74, 6) is 1.77. The summed E-state index contributed by atoms with van der Waals surface area (Å²) in [6, 6.07) is 8.06. The molecule has 2 rings (SSSR count). The van der Waals surface area contributed by atoms with Crippen molar-refractivity contribution in [1.29, 1.82) is 0 Å². The van der Waals surface area contributed by atoms with Gasteiger partial charge >= 0.3 is 0 Å². The van der Waals surface area contributed by atoms with Gasteiger partial charge in [0.05, 0.1) is 24.4 Å². The second-order valence-electron chi connectivity index (χ2n) is 5.42. The van der Waals surface area contributed by atoms with Gasteiger partial charge in [-0.1, -0.05) is 25.1 Å². The van der Waals surface area contributed by atoms with Crippen LogP contribution in [0.4, 0.5) is 0 Å². The van der Waals surface area contributed by atoms with E-state index in [0.717, 1.165) is 47.5 Å². The molecule has 0 bridgehead atoms. The first-order valence-electron chi connectivity index (χ1n) is 8.22. The van der Waals surface area contributed by atoms with Crippen molar-refractivity contribution in [3.63, 3.8) is 0 Å². The molecule has 1 aromatic carbocycles. The highest BCUT2D eigenvalue weighted by Crippen LogP contribution is 2.19. The SMILES string of the molecule is CCNC(=NCc1csc(CC)n1)N(C)Cc1ccccc1OC. The van der Waals surface area contributed by atoms with Gasteiger partial charge in [-0.25, -0.2) is 9.98 Å². The van der Waals surface area contributed by atoms with Gasteiger partial charge in [0.1, 0.15) is 5.75 Å². The summed E-state index contributed by atoms with van der Waals surface area (Å²) in [6.45, 7) is 6.34. The number of nitrogens with zero attached hydrogens (tertiary/aromatic N) is 3. The largest absolute Gasteiger partial charge is 0.496 e. The maximum atomic E-state index is 5.43. The van der Waals surface area contributed by atoms with Gasteiger partial charge in [-0.15, -0.1) is 11.3 Å². The smallest absolute Gasteiger partial charge is 0.194 e. The number of aromatic nitrogens is 1. The summed E-state index contributed by atoms with van der Waals surface area (Å²) in [4.78, 5) is 11.4. The van der Waals surface area contributed by atoms with E-state index in [1.54, 1.807) is 18.4 Å². The predicted molar refractivity (Wildman–Crippen MR) is 101 cm³/mol. The molecule has 0 unspecified atom stereocenters. The molecule has 0 fully saturated rings. The van der Waals surface area contributed by atoms with Gasteiger partial charge in [0.25, 0.3) is 0 Å². The molecule has 0 aliphatic rings. The van der Waals surface area contributed by atoms with Crippen molar-refractivity contribution in [3.05, 3.63) is 45.9 Å². The highest BCUT2D eigenvalue weighted by atomic mass is 32.1. The first-order chi connectivity index (χ1) is 11.7. The molecular weight excluding hydrogens is 320 g/mol. The fraction of sp³-hybridized carbons (Fsp3) is 0.444. The maximum absolute atomic E-state index is 5.43. The van der Waals surface area contributed by atoms with Crippen LogP contribution in [0.3, 0.4) is 0 Å². The molecule has 0 radical (unpaired) electrons. The van der Waals surface area contributed by atoms with E-state index in [2.05, 4.69) is 40.5 Å². The van der Waals surface area contributed by atoms with Crippen molar-refractivity contribution < 1.29 is 4.74 Å². The molecule has 0 spiro atoms. The molecule has 1 N–H and O–H groups in total. The first-order valence-corrected chi connectivity index (χ1v) is 9.10. The van der Waals surface area contributed by atoms with Gasteiger partial charge in [0.2, 0.25) is 0 Å². The molecule has 5 nitrogen and oxygen atoms in total. The molecule has 24 heavy (non-hydrogen) atoms. The lowest BCUT2D eigenvalue weighted by Crippen LogP contribution is -2.38. The number of aliphatic imine (C=N–C) groups is 1. The minimum Gasteiger partial charge on any atom is -0.496 e. The molecule has 0 aliphatic heterocycles. The van der Waals surface area contributed by atoms with E-state index in [1.165, 1.54) is 0 Å². The van der Waals surface area contributed by atoms with Gasteiger partial charge in [-0.3, -0.25) is 0 Å². The van der Waals surface area contributed by atoms with E-state index in [-0.39, 0.29) is 0 Å². The Morgan fingerprint density at radius 2 is 2.12 bits per heavy atom. The zero-order valence-corrected chi connectivity index (χ0v) is 15.7. The van der Waals surface area contributed by atoms with Crippen LogP contribution in [0.25, 0.3) is 0 Å². The van der Waals surface area contributed by atoms with Gasteiger partial charge in [-0.05, 0) is 19.4 Å². The zero-order chi connectivity index (χ0) is 17.4. The first kappa shape index (κ1) is 18.3. The molecule has 0 atom stereocenters. The van der Waals surface area contributed by atoms with Gasteiger partial charge in [0, 0.05) is 31.1 Å². The van der Waals surface area contributed by atoms with Gasteiger partial charge < -0.3 is 15.0 Å². The van der Waals surface area contributed by atoms with Crippen molar-refractivity contribution in [2.45, 2.75) is 33.4 Å². The van der Waals surface area contributed by atoms with Crippen LogP contribution in [0.5, 0.6) is 5.75 Å². The normalized spacial score (nSPS) is 11.4. The Balaban J connectivity index is 2.08. The molecule has 0 saturated heterocycles. The third-order valence-electron chi connectivity index (χ3n) is 3.59. The second kappa shape index (κ2) is 9.27. The molecule has 1 aromatic heterocycles. The van der Waals surface area contributed by atoms with E-state index in [4.69, 9.17) is 9.73 Å². The fourth-order valence-corrected chi connectivity index (χ4v) is 3.11. The van der Waals surface area contributed by atoms with Crippen molar-refractivity contribution >= 4 is 17.3 Å². The van der Waals surface area contributed by atoms with Gasteiger partial charge in [-0.2, -0.15) is 0 Å². The highest BCUT2D eigenvalue weighted by Gasteiger charge is 2.10. The van der Waals surface area contributed by atoms with E-state index in [9.17, 15) is 0 Å². The Morgan fingerprint density at radius 1 is 1.33 bits per heavy atom. The van der Waals surface area contributed by atoms with Crippen LogP contribution in [0, 0.1) is 0 Å². The van der Waals surface area contributed by atoms with Crippen LogP contribution in [0.15, 0.2) is 34.6 Å². The minimum atomic E-state index is 0.592. The van der Waals surface area contributed by atoms with Crippen molar-refractivity contribution in [2.75, 3.05) is 20.7 Å². The number of ether oxygens (including phenoxy) is 1. The fourth-order valence-electron chi connectivity index (χ4n) is 2.37. The quantitative estimate of drug-likeness (QED) is 0.617. The number of rotatable bonds is 7. The Labute approximate surface area is 148 Å². The van der Waals surface area contributed by atoms with Crippen LogP contribution < -0.4 is 10.1 Å². The van der Waals surface area contributed by atoms with E-state index >= 15 is 0 Å². The monoisotopic (exact) mass is 346 g/mol. The lowest BCUT2D eigenvalue weighted by Gasteiger charge is -2.23. The van der Waals surface area contributed by atoms with Crippen molar-refractivity contribution in [3.8, 4) is 5.75 Å². The summed E-state index contributed by atoms with van der Waals surface area (Å²) >= 11 is 1.70. The van der Waals surface area contributed by atoms with Crippen molar-refractivity contribution in [2.24, 2.45) is 4.99 Å². The number of hydrogen-bond acceptors (Lipinski definition) is 4. The van der Waals surface area contributed by atoms with E-state index in [0.29, 0.717) is 6.54 Å². The number of hydrogen-bond donors (Lipinski definition) is 1. The van der Waals surface area contributed by atoms with Gasteiger partial charge in [0.15, 0.2) is 5.96 Å². The van der Waals surface area contributed by atoms with E-state index in [1.807, 2.05) is 25.2 Å². The molecule has 0 aliphatic carbocycles. The standard InChI is InChI=1S/C18H26N4OS/c1-5-17-21-15(13-24-17)11-20-18(19-6-2)22(3)12-14-9-7-8-10-16(14)23-4/h7-10,13H,5-6,11-12H2,1-4H3,(H,19,20). The highest BCUT2D eigenvalue weighted by molar-refractivity contribution is 7.09. The molecule has 1 heterocycles. The number of nitrogens with one attached hydrogen (secondary N) is 1. The average Bonchev–Trinajstić information content (AvgIpc) is 3.07. The van der Waals surface area contributed by atoms with Crippen LogP contribution >= 0.6 is 11.3 Å². The third kappa shape index (κ3) is 4.96. The van der Waals surface area contributed by atoms with E-state index < -0.39 is 0 Å². The summed E-state index contributed by atoms with van der Waals surface area (Å²) < 4.78 is 5.43. The molecule has 2 aromatic rings. The van der Waals surface area contributed by atoms with Crippen LogP contribution in [-0.2, 0) is 19.5 Å². The lowest BCUT2D eigenvalue weighted by molar-refractivity contribution is 0.396. The zero-order valence-electron chi connectivity index (χ0n) is 14.9. The molecule has 0 saturated carbocycles. The third-order valence-corrected chi connectivity index (χ3v) is 4.63. The molecule has 130 valence electrons. The maximum Gasteiger partial charge on any atom is 0.194 e. The predicted octanol–water partition coefficient (Wildman–Crippen LogP) is 3.31. The number of guanidine groups is 1. The second-order valence-corrected chi connectivity index (χ2v) is 6.37. The van der Waals surface area contributed by atoms with Crippen molar-refractivity contribution in [1.82, 2.24) is 15.2 Å². The summed E-state index contributed by atoms with van der Waals surface area (Å²) in [7, 11) is 3.73. The minimum absolute atomic E-state index is 0.592. The summed E-state index contributed by atoms with van der Waals surface area (Å²) in [6.07, 6.45) is 0.974. The summed E-state index contributed by atoms with van der Waals surface area (Å²) in [5, 5.41) is 6.59. The molecule has 6 heteroatoms. The summed E-state index contributed by atoms with van der Waals surface area (Å²) in [5.41, 5.74) is 2.16. The van der Waals surface area contributed by atoms with Crippen LogP contribution in [0.1, 0.15) is 30.1 Å².